The number of rotatable bonds is 4. The maximum absolute atomic E-state index is 11.7. The van der Waals surface area contributed by atoms with E-state index in [9.17, 15) is 4.79 Å². The van der Waals surface area contributed by atoms with E-state index in [-0.39, 0.29) is 12.6 Å². The van der Waals surface area contributed by atoms with Gasteiger partial charge < -0.3 is 15.7 Å². The third-order valence-corrected chi connectivity index (χ3v) is 4.22. The molecule has 4 nitrogen and oxygen atoms in total. The number of nitrogens with one attached hydrogen (secondary N) is 2. The number of aliphatic hydroxyl groups is 1. The Balaban J connectivity index is 1.73. The zero-order chi connectivity index (χ0) is 14.2. The molecule has 0 spiro atoms. The molecule has 108 valence electrons. The summed E-state index contributed by atoms with van der Waals surface area (Å²) < 4.78 is 0. The number of carbonyl (C=O) groups excluding carboxylic acids is 1. The molecule has 1 heterocycles. The van der Waals surface area contributed by atoms with Crippen LogP contribution in [0.15, 0.2) is 12.1 Å². The fourth-order valence-corrected chi connectivity index (χ4v) is 3.04. The fraction of sp³-hybridized carbons (Fsp3) is 0.533. The highest BCUT2D eigenvalue weighted by Gasteiger charge is 2.16. The molecule has 1 saturated carbocycles. The van der Waals surface area contributed by atoms with Gasteiger partial charge in [-0.25, -0.2) is 4.79 Å². The van der Waals surface area contributed by atoms with Crippen LogP contribution in [0.25, 0.3) is 0 Å². The highest BCUT2D eigenvalue weighted by atomic mass is 32.1. The van der Waals surface area contributed by atoms with Crippen molar-refractivity contribution < 1.29 is 9.90 Å². The average Bonchev–Trinajstić information content (AvgIpc) is 3.08. The normalized spacial score (nSPS) is 14.7. The summed E-state index contributed by atoms with van der Waals surface area (Å²) >= 11 is 1.57. The van der Waals surface area contributed by atoms with Gasteiger partial charge in [0.15, 0.2) is 0 Å². The van der Waals surface area contributed by atoms with Gasteiger partial charge >= 0.3 is 6.03 Å². The summed E-state index contributed by atoms with van der Waals surface area (Å²) in [4.78, 5) is 13.8. The summed E-state index contributed by atoms with van der Waals surface area (Å²) in [6.45, 7) is 0.624. The van der Waals surface area contributed by atoms with E-state index in [1.165, 1.54) is 12.8 Å². The van der Waals surface area contributed by atoms with Gasteiger partial charge in [0.05, 0.1) is 18.0 Å². The Hall–Kier alpha value is -1.51. The monoisotopic (exact) mass is 292 g/mol. The maximum Gasteiger partial charge on any atom is 0.315 e. The van der Waals surface area contributed by atoms with E-state index in [0.29, 0.717) is 19.0 Å². The highest BCUT2D eigenvalue weighted by molar-refractivity contribution is 7.12. The molecule has 0 atom stereocenters. The molecule has 1 aliphatic carbocycles. The van der Waals surface area contributed by atoms with E-state index in [4.69, 9.17) is 5.11 Å². The van der Waals surface area contributed by atoms with Crippen molar-refractivity contribution in [2.75, 3.05) is 6.61 Å². The topological polar surface area (TPSA) is 61.4 Å². The van der Waals surface area contributed by atoms with Crippen LogP contribution < -0.4 is 10.6 Å². The number of aliphatic hydroxyl groups excluding tert-OH is 1. The van der Waals surface area contributed by atoms with Crippen molar-refractivity contribution in [1.29, 1.82) is 0 Å². The number of carbonyl (C=O) groups is 1. The second-order valence-corrected chi connectivity index (χ2v) is 6.02. The van der Waals surface area contributed by atoms with Gasteiger partial charge in [0.1, 0.15) is 0 Å². The van der Waals surface area contributed by atoms with Gasteiger partial charge in [-0.3, -0.25) is 0 Å². The SMILES string of the molecule is O=C(NCc1ccc(C#CCCO)s1)NC1CCCC1. The Morgan fingerprint density at radius 2 is 2.20 bits per heavy atom. The molecule has 1 aliphatic rings. The predicted octanol–water partition coefficient (Wildman–Crippen LogP) is 2.22. The van der Waals surface area contributed by atoms with Crippen molar-refractivity contribution in [3.63, 3.8) is 0 Å². The predicted molar refractivity (Wildman–Crippen MR) is 80.5 cm³/mol. The summed E-state index contributed by atoms with van der Waals surface area (Å²) in [6, 6.07) is 4.18. The molecule has 2 amide bonds. The Morgan fingerprint density at radius 3 is 2.95 bits per heavy atom. The Bertz CT molecular complexity index is 495. The number of urea groups is 1. The van der Waals surface area contributed by atoms with Crippen LogP contribution in [0.4, 0.5) is 4.79 Å². The van der Waals surface area contributed by atoms with E-state index in [0.717, 1.165) is 22.6 Å². The minimum absolute atomic E-state index is 0.0850. The van der Waals surface area contributed by atoms with Gasteiger partial charge in [-0.15, -0.1) is 11.3 Å². The third-order valence-electron chi connectivity index (χ3n) is 3.22. The summed E-state index contributed by atoms with van der Waals surface area (Å²) in [5.41, 5.74) is 0. The van der Waals surface area contributed by atoms with Crippen molar-refractivity contribution >= 4 is 17.4 Å². The molecule has 0 radical (unpaired) electrons. The van der Waals surface area contributed by atoms with E-state index in [1.54, 1.807) is 11.3 Å². The summed E-state index contributed by atoms with van der Waals surface area (Å²) in [5, 5.41) is 14.5. The van der Waals surface area contributed by atoms with Crippen molar-refractivity contribution in [1.82, 2.24) is 10.6 Å². The van der Waals surface area contributed by atoms with Crippen LogP contribution in [0.1, 0.15) is 41.9 Å². The standard InChI is InChI=1S/C15H20N2O2S/c18-10-4-3-7-13-8-9-14(20-13)11-16-15(19)17-12-5-1-2-6-12/h8-9,12,18H,1-2,4-6,10-11H2,(H2,16,17,19). The third kappa shape index (κ3) is 4.87. The molecule has 20 heavy (non-hydrogen) atoms. The second-order valence-electron chi connectivity index (χ2n) is 4.85. The van der Waals surface area contributed by atoms with E-state index >= 15 is 0 Å². The molecule has 0 aromatic carbocycles. The first-order valence-corrected chi connectivity index (χ1v) is 7.82. The van der Waals surface area contributed by atoms with Crippen molar-refractivity contribution in [2.45, 2.75) is 44.7 Å². The first-order chi connectivity index (χ1) is 9.78. The maximum atomic E-state index is 11.7. The van der Waals surface area contributed by atoms with Crippen LogP contribution in [0.2, 0.25) is 0 Å². The smallest absolute Gasteiger partial charge is 0.315 e. The van der Waals surface area contributed by atoms with Crippen LogP contribution >= 0.6 is 11.3 Å². The number of hydrogen-bond donors (Lipinski definition) is 3. The first kappa shape index (κ1) is 14.9. The van der Waals surface area contributed by atoms with Crippen LogP contribution in [0, 0.1) is 11.8 Å². The molecule has 0 unspecified atom stereocenters. The van der Waals surface area contributed by atoms with Crippen LogP contribution in [-0.4, -0.2) is 23.8 Å². The van der Waals surface area contributed by atoms with Gasteiger partial charge in [0.25, 0.3) is 0 Å². The van der Waals surface area contributed by atoms with Crippen LogP contribution in [0.3, 0.4) is 0 Å². The van der Waals surface area contributed by atoms with Crippen LogP contribution in [-0.2, 0) is 6.54 Å². The molecule has 1 aromatic heterocycles. The Kier molecular flexibility index (Phi) is 5.90. The van der Waals surface area contributed by atoms with Gasteiger partial charge in [-0.1, -0.05) is 24.7 Å². The molecule has 5 heteroatoms. The minimum Gasteiger partial charge on any atom is -0.395 e. The molecular weight excluding hydrogens is 272 g/mol. The Labute approximate surface area is 123 Å². The molecule has 0 saturated heterocycles. The van der Waals surface area contributed by atoms with Gasteiger partial charge in [-0.2, -0.15) is 0 Å². The van der Waals surface area contributed by atoms with E-state index in [1.807, 2.05) is 12.1 Å². The molecule has 3 N–H and O–H groups in total. The van der Waals surface area contributed by atoms with Crippen molar-refractivity contribution in [2.24, 2.45) is 0 Å². The zero-order valence-electron chi connectivity index (χ0n) is 11.4. The van der Waals surface area contributed by atoms with E-state index in [2.05, 4.69) is 22.5 Å². The Morgan fingerprint density at radius 1 is 1.40 bits per heavy atom. The van der Waals surface area contributed by atoms with Gasteiger partial charge in [0.2, 0.25) is 0 Å². The lowest BCUT2D eigenvalue weighted by molar-refractivity contribution is 0.237. The number of amides is 2. The highest BCUT2D eigenvalue weighted by Crippen LogP contribution is 2.18. The summed E-state index contributed by atoms with van der Waals surface area (Å²) in [5.74, 6) is 5.88. The molecule has 2 rings (SSSR count). The first-order valence-electron chi connectivity index (χ1n) is 7.01. The minimum atomic E-state index is -0.0850. The summed E-state index contributed by atoms with van der Waals surface area (Å²) in [6.07, 6.45) is 5.11. The van der Waals surface area contributed by atoms with Gasteiger partial charge in [-0.05, 0) is 25.0 Å². The van der Waals surface area contributed by atoms with Crippen LogP contribution in [0.5, 0.6) is 0 Å². The molecular formula is C15H20N2O2S. The van der Waals surface area contributed by atoms with E-state index < -0.39 is 0 Å². The number of thiophene rings is 1. The fourth-order valence-electron chi connectivity index (χ4n) is 2.22. The zero-order valence-corrected chi connectivity index (χ0v) is 12.3. The van der Waals surface area contributed by atoms with Crippen molar-refractivity contribution in [3.8, 4) is 11.8 Å². The van der Waals surface area contributed by atoms with Gasteiger partial charge in [0, 0.05) is 17.3 Å². The molecule has 0 aliphatic heterocycles. The second kappa shape index (κ2) is 7.93. The van der Waals surface area contributed by atoms with Crippen molar-refractivity contribution in [3.05, 3.63) is 21.9 Å². The lowest BCUT2D eigenvalue weighted by atomic mass is 10.2. The average molecular weight is 292 g/mol. The summed E-state index contributed by atoms with van der Waals surface area (Å²) in [7, 11) is 0. The molecule has 0 bridgehead atoms. The lowest BCUT2D eigenvalue weighted by Gasteiger charge is -2.12. The quantitative estimate of drug-likeness (QED) is 0.745. The molecule has 1 aromatic rings. The molecule has 1 fully saturated rings. The largest absolute Gasteiger partial charge is 0.395 e. The number of hydrogen-bond acceptors (Lipinski definition) is 3. The lowest BCUT2D eigenvalue weighted by Crippen LogP contribution is -2.40.